The summed E-state index contributed by atoms with van der Waals surface area (Å²) in [4.78, 5) is 14.3. The Morgan fingerprint density at radius 2 is 2.08 bits per heavy atom. The van der Waals surface area contributed by atoms with Crippen LogP contribution in [0.15, 0.2) is 6.07 Å². The van der Waals surface area contributed by atoms with Crippen LogP contribution in [0.2, 0.25) is 10.2 Å². The molecule has 1 amide bonds. The van der Waals surface area contributed by atoms with Crippen molar-refractivity contribution in [3.8, 4) is 0 Å². The number of nitrogens with two attached hydrogens (primary N) is 2. The van der Waals surface area contributed by atoms with Crippen LogP contribution >= 0.6 is 23.2 Å². The summed E-state index contributed by atoms with van der Waals surface area (Å²) in [5, 5.41) is 0.123. The maximum Gasteiger partial charge on any atom is 0.268 e. The Morgan fingerprint density at radius 3 is 2.58 bits per heavy atom. The summed E-state index contributed by atoms with van der Waals surface area (Å²) in [5.74, 6) is -0.755. The number of carbonyl (C=O) groups excluding carboxylic acids is 1. The van der Waals surface area contributed by atoms with E-state index in [-0.39, 0.29) is 21.6 Å². The summed E-state index contributed by atoms with van der Waals surface area (Å²) in [6, 6.07) is 1.34. The highest BCUT2D eigenvalue weighted by atomic mass is 35.5. The third kappa shape index (κ3) is 1.60. The van der Waals surface area contributed by atoms with Crippen LogP contribution in [-0.4, -0.2) is 10.9 Å². The summed E-state index contributed by atoms with van der Waals surface area (Å²) < 4.78 is 0. The van der Waals surface area contributed by atoms with E-state index in [1.807, 2.05) is 0 Å². The van der Waals surface area contributed by atoms with Gasteiger partial charge in [0.05, 0.1) is 10.7 Å². The standard InChI is InChI=1S/C6H5Cl2N3O/c7-3-1-2(9)4(8)5(11-3)6(10)12/h1H,(H2,9,11)(H2,10,12). The molecule has 1 heterocycles. The minimum atomic E-state index is -0.755. The lowest BCUT2D eigenvalue weighted by atomic mass is 10.3. The van der Waals surface area contributed by atoms with E-state index >= 15 is 0 Å². The molecule has 0 bridgehead atoms. The van der Waals surface area contributed by atoms with E-state index in [2.05, 4.69) is 4.98 Å². The molecule has 6 heteroatoms. The Balaban J connectivity index is 3.37. The van der Waals surface area contributed by atoms with E-state index in [4.69, 9.17) is 34.7 Å². The molecule has 12 heavy (non-hydrogen) atoms. The highest BCUT2D eigenvalue weighted by molar-refractivity contribution is 6.37. The van der Waals surface area contributed by atoms with Gasteiger partial charge in [-0.3, -0.25) is 4.79 Å². The topological polar surface area (TPSA) is 82.0 Å². The summed E-state index contributed by atoms with van der Waals surface area (Å²) in [6.07, 6.45) is 0. The third-order valence-corrected chi connectivity index (χ3v) is 1.78. The van der Waals surface area contributed by atoms with Crippen LogP contribution in [0.4, 0.5) is 5.69 Å². The zero-order chi connectivity index (χ0) is 9.30. The number of hydrogen-bond acceptors (Lipinski definition) is 3. The second-order valence-corrected chi connectivity index (χ2v) is 2.83. The number of halogens is 2. The molecule has 0 radical (unpaired) electrons. The molecule has 0 saturated carbocycles. The molecule has 1 rings (SSSR count). The molecule has 4 N–H and O–H groups in total. The lowest BCUT2D eigenvalue weighted by molar-refractivity contribution is 0.0996. The van der Waals surface area contributed by atoms with Crippen LogP contribution in [0.5, 0.6) is 0 Å². The zero-order valence-corrected chi connectivity index (χ0v) is 7.36. The molecule has 0 aliphatic heterocycles. The molecule has 0 unspecified atom stereocenters. The van der Waals surface area contributed by atoms with Gasteiger partial charge < -0.3 is 11.5 Å². The first kappa shape index (κ1) is 9.09. The van der Waals surface area contributed by atoms with Gasteiger partial charge in [0, 0.05) is 0 Å². The van der Waals surface area contributed by atoms with E-state index in [9.17, 15) is 4.79 Å². The van der Waals surface area contributed by atoms with Gasteiger partial charge in [-0.2, -0.15) is 0 Å². The third-order valence-electron chi connectivity index (χ3n) is 1.19. The van der Waals surface area contributed by atoms with Gasteiger partial charge in [-0.25, -0.2) is 4.98 Å². The van der Waals surface area contributed by atoms with Gasteiger partial charge in [0.1, 0.15) is 10.8 Å². The number of anilines is 1. The van der Waals surface area contributed by atoms with Crippen LogP contribution in [0.25, 0.3) is 0 Å². The minimum Gasteiger partial charge on any atom is -0.397 e. The van der Waals surface area contributed by atoms with E-state index in [0.29, 0.717) is 0 Å². The predicted octanol–water partition coefficient (Wildman–Crippen LogP) is 1.07. The molecule has 0 aromatic carbocycles. The molecule has 0 saturated heterocycles. The van der Waals surface area contributed by atoms with Crippen molar-refractivity contribution >= 4 is 34.8 Å². The van der Waals surface area contributed by atoms with Crippen molar-refractivity contribution in [2.75, 3.05) is 5.73 Å². The van der Waals surface area contributed by atoms with Gasteiger partial charge in [0.2, 0.25) is 0 Å². The summed E-state index contributed by atoms with van der Waals surface area (Å²) in [6.45, 7) is 0. The average molecular weight is 206 g/mol. The Bertz CT molecular complexity index is 340. The zero-order valence-electron chi connectivity index (χ0n) is 5.84. The molecule has 0 fully saturated rings. The number of amides is 1. The van der Waals surface area contributed by atoms with Gasteiger partial charge in [-0.05, 0) is 6.07 Å². The summed E-state index contributed by atoms with van der Waals surface area (Å²) in [5.41, 5.74) is 10.4. The highest BCUT2D eigenvalue weighted by Gasteiger charge is 2.12. The van der Waals surface area contributed by atoms with Crippen molar-refractivity contribution in [1.29, 1.82) is 0 Å². The number of aromatic nitrogens is 1. The lowest BCUT2D eigenvalue weighted by Crippen LogP contribution is -2.14. The van der Waals surface area contributed by atoms with Gasteiger partial charge in [0.25, 0.3) is 5.91 Å². The first-order valence-electron chi connectivity index (χ1n) is 2.93. The quantitative estimate of drug-likeness (QED) is 0.674. The number of nitrogen functional groups attached to an aromatic ring is 1. The normalized spacial score (nSPS) is 9.83. The highest BCUT2D eigenvalue weighted by Crippen LogP contribution is 2.24. The van der Waals surface area contributed by atoms with Crippen molar-refractivity contribution in [3.05, 3.63) is 21.9 Å². The van der Waals surface area contributed by atoms with Gasteiger partial charge in [-0.15, -0.1) is 0 Å². The van der Waals surface area contributed by atoms with E-state index in [1.165, 1.54) is 6.07 Å². The maximum atomic E-state index is 10.7. The van der Waals surface area contributed by atoms with Crippen LogP contribution in [0, 0.1) is 0 Å². The Kier molecular flexibility index (Phi) is 2.40. The predicted molar refractivity (Wildman–Crippen MR) is 47.2 cm³/mol. The molecule has 0 atom stereocenters. The minimum absolute atomic E-state index is 0.0342. The molecule has 1 aromatic rings. The number of rotatable bonds is 1. The monoisotopic (exact) mass is 205 g/mol. The average Bonchev–Trinajstić information content (AvgIpc) is 1.96. The maximum absolute atomic E-state index is 10.7. The van der Waals surface area contributed by atoms with Crippen LogP contribution < -0.4 is 11.5 Å². The van der Waals surface area contributed by atoms with Crippen molar-refractivity contribution in [3.63, 3.8) is 0 Å². The van der Waals surface area contributed by atoms with E-state index in [1.54, 1.807) is 0 Å². The van der Waals surface area contributed by atoms with Crippen molar-refractivity contribution in [2.45, 2.75) is 0 Å². The molecule has 0 aliphatic carbocycles. The number of hydrogen-bond donors (Lipinski definition) is 2. The first-order valence-corrected chi connectivity index (χ1v) is 3.69. The fourth-order valence-corrected chi connectivity index (χ4v) is 1.07. The lowest BCUT2D eigenvalue weighted by Gasteiger charge is -2.02. The fraction of sp³-hybridized carbons (Fsp3) is 0. The number of carbonyl (C=O) groups is 1. The van der Waals surface area contributed by atoms with Gasteiger partial charge in [0.15, 0.2) is 0 Å². The number of primary amides is 1. The van der Waals surface area contributed by atoms with Crippen molar-refractivity contribution in [2.24, 2.45) is 5.73 Å². The van der Waals surface area contributed by atoms with E-state index in [0.717, 1.165) is 0 Å². The number of pyridine rings is 1. The molecular weight excluding hydrogens is 201 g/mol. The smallest absolute Gasteiger partial charge is 0.268 e. The van der Waals surface area contributed by atoms with Crippen molar-refractivity contribution in [1.82, 2.24) is 4.98 Å². The summed E-state index contributed by atoms with van der Waals surface area (Å²) >= 11 is 11.1. The van der Waals surface area contributed by atoms with Gasteiger partial charge in [-0.1, -0.05) is 23.2 Å². The van der Waals surface area contributed by atoms with Crippen LogP contribution in [0.3, 0.4) is 0 Å². The molecule has 1 aromatic heterocycles. The molecular formula is C6H5Cl2N3O. The molecule has 4 nitrogen and oxygen atoms in total. The van der Waals surface area contributed by atoms with Crippen molar-refractivity contribution < 1.29 is 4.79 Å². The largest absolute Gasteiger partial charge is 0.397 e. The second kappa shape index (κ2) is 3.16. The van der Waals surface area contributed by atoms with Crippen LogP contribution in [0.1, 0.15) is 10.5 Å². The Morgan fingerprint density at radius 1 is 1.50 bits per heavy atom. The Hall–Kier alpha value is -1.00. The molecule has 0 aliphatic rings. The summed E-state index contributed by atoms with van der Waals surface area (Å²) in [7, 11) is 0. The molecule has 64 valence electrons. The van der Waals surface area contributed by atoms with Crippen LogP contribution in [-0.2, 0) is 0 Å². The SMILES string of the molecule is NC(=O)c1nc(Cl)cc(N)c1Cl. The number of nitrogens with zero attached hydrogens (tertiary/aromatic N) is 1. The fourth-order valence-electron chi connectivity index (χ4n) is 0.680. The molecule has 0 spiro atoms. The second-order valence-electron chi connectivity index (χ2n) is 2.06. The van der Waals surface area contributed by atoms with E-state index < -0.39 is 5.91 Å². The first-order chi connectivity index (χ1) is 5.52. The Labute approximate surface area is 78.5 Å². The van der Waals surface area contributed by atoms with Gasteiger partial charge >= 0.3 is 0 Å².